The molecule has 2 nitrogen and oxygen atoms in total. The largest absolute Gasteiger partial charge is 1.00 e. The molecule has 0 radical (unpaired) electrons. The van der Waals surface area contributed by atoms with E-state index in [1.807, 2.05) is 0 Å². The molecule has 0 rings (SSSR count). The van der Waals surface area contributed by atoms with Crippen LogP contribution in [0, 0.1) is 0 Å². The normalized spacial score (nSPS) is 12.3. The molecule has 1 unspecified atom stereocenters. The van der Waals surface area contributed by atoms with Gasteiger partial charge in [-0.3, -0.25) is 0 Å². The SMILES string of the molecule is C=C(C)C(=O)OCCCCCC(CCC)[P+](CCCC)(CCCC)CCCCCCC.[Cl-]. The molecule has 1 atom stereocenters. The summed E-state index contributed by atoms with van der Waals surface area (Å²) >= 11 is 0. The molecule has 0 aromatic carbocycles. The quantitative estimate of drug-likeness (QED) is 0.0756. The maximum absolute atomic E-state index is 11.5. The van der Waals surface area contributed by atoms with Crippen LogP contribution in [0.1, 0.15) is 131 Å². The van der Waals surface area contributed by atoms with Crippen LogP contribution in [0.3, 0.4) is 0 Å². The zero-order valence-electron chi connectivity index (χ0n) is 22.4. The Kier molecular flexibility index (Phi) is 24.2. The van der Waals surface area contributed by atoms with Gasteiger partial charge < -0.3 is 17.1 Å². The minimum absolute atomic E-state index is 0. The molecule has 0 aromatic heterocycles. The van der Waals surface area contributed by atoms with Crippen LogP contribution in [0.2, 0.25) is 0 Å². The van der Waals surface area contributed by atoms with Crippen LogP contribution in [0.15, 0.2) is 12.2 Å². The summed E-state index contributed by atoms with van der Waals surface area (Å²) in [4.78, 5) is 11.5. The number of hydrogen-bond donors (Lipinski definition) is 0. The zero-order chi connectivity index (χ0) is 23.4. The van der Waals surface area contributed by atoms with Crippen molar-refractivity contribution in [1.82, 2.24) is 0 Å². The van der Waals surface area contributed by atoms with Gasteiger partial charge in [0, 0.05) is 12.8 Å². The average molecular weight is 491 g/mol. The van der Waals surface area contributed by atoms with Gasteiger partial charge in [0.1, 0.15) is 0 Å². The van der Waals surface area contributed by atoms with Crippen LogP contribution in [0.4, 0.5) is 0 Å². The number of unbranched alkanes of at least 4 members (excludes halogenated alkanes) is 8. The van der Waals surface area contributed by atoms with Gasteiger partial charge in [0.15, 0.2) is 0 Å². The molecule has 0 aliphatic heterocycles. The van der Waals surface area contributed by atoms with Gasteiger partial charge in [-0.15, -0.1) is 0 Å². The average Bonchev–Trinajstić information content (AvgIpc) is 2.76. The van der Waals surface area contributed by atoms with Crippen molar-refractivity contribution in [2.75, 3.05) is 25.1 Å². The molecule has 0 saturated heterocycles. The number of rotatable bonds is 22. The summed E-state index contributed by atoms with van der Waals surface area (Å²) in [6, 6.07) is 0. The van der Waals surface area contributed by atoms with Crippen LogP contribution in [-0.4, -0.2) is 36.7 Å². The van der Waals surface area contributed by atoms with Crippen LogP contribution in [0.5, 0.6) is 0 Å². The lowest BCUT2D eigenvalue weighted by atomic mass is 10.1. The van der Waals surface area contributed by atoms with Gasteiger partial charge in [-0.2, -0.15) is 0 Å². The van der Waals surface area contributed by atoms with Crippen LogP contribution in [0.25, 0.3) is 0 Å². The van der Waals surface area contributed by atoms with E-state index in [4.69, 9.17) is 4.74 Å². The van der Waals surface area contributed by atoms with E-state index < -0.39 is 7.26 Å². The fourth-order valence-corrected chi connectivity index (χ4v) is 10.9. The molecule has 0 aliphatic carbocycles. The van der Waals surface area contributed by atoms with E-state index >= 15 is 0 Å². The minimum Gasteiger partial charge on any atom is -1.00 e. The number of hydrogen-bond acceptors (Lipinski definition) is 2. The summed E-state index contributed by atoms with van der Waals surface area (Å²) < 4.78 is 5.29. The van der Waals surface area contributed by atoms with Crippen LogP contribution in [-0.2, 0) is 9.53 Å². The van der Waals surface area contributed by atoms with E-state index in [1.165, 1.54) is 102 Å². The highest BCUT2D eigenvalue weighted by molar-refractivity contribution is 7.76. The Morgan fingerprint density at radius 2 is 1.25 bits per heavy atom. The predicted octanol–water partition coefficient (Wildman–Crippen LogP) is 6.43. The number of esters is 1. The summed E-state index contributed by atoms with van der Waals surface area (Å²) in [6.07, 6.45) is 24.9. The highest BCUT2D eigenvalue weighted by Crippen LogP contribution is 2.67. The maximum Gasteiger partial charge on any atom is 0.333 e. The molecule has 0 heterocycles. The Labute approximate surface area is 208 Å². The van der Waals surface area contributed by atoms with Gasteiger partial charge in [0.2, 0.25) is 0 Å². The predicted molar refractivity (Wildman–Crippen MR) is 143 cm³/mol. The molecule has 4 heteroatoms. The van der Waals surface area contributed by atoms with E-state index in [2.05, 4.69) is 34.3 Å². The number of carbonyl (C=O) groups excluding carboxylic acids is 1. The third-order valence-corrected chi connectivity index (χ3v) is 12.5. The lowest BCUT2D eigenvalue weighted by molar-refractivity contribution is -0.139. The van der Waals surface area contributed by atoms with E-state index in [1.54, 1.807) is 13.1 Å². The van der Waals surface area contributed by atoms with Gasteiger partial charge in [-0.25, -0.2) is 4.79 Å². The standard InChI is InChI=1S/C28H56O2P.ClH/c1-7-11-14-15-19-25-31(23-12-8-2,24-13-9-3)27(20-10-4)21-17-16-18-22-30-28(29)26(5)6;/h27H,5,7-25H2,1-4,6H3;1H/q+1;/p-1. The lowest BCUT2D eigenvalue weighted by Crippen LogP contribution is -3.00. The monoisotopic (exact) mass is 490 g/mol. The first kappa shape index (κ1) is 34.1. The van der Waals surface area contributed by atoms with Gasteiger partial charge in [0.05, 0.1) is 30.8 Å². The third-order valence-electron chi connectivity index (χ3n) is 6.78. The highest BCUT2D eigenvalue weighted by atomic mass is 35.5. The van der Waals surface area contributed by atoms with E-state index in [0.29, 0.717) is 12.2 Å². The molecule has 0 bridgehead atoms. The molecular formula is C28H56ClO2P. The first-order valence-corrected chi connectivity index (χ1v) is 16.1. The van der Waals surface area contributed by atoms with Gasteiger partial charge in [-0.05, 0) is 64.7 Å². The second-order valence-electron chi connectivity index (χ2n) is 9.72. The topological polar surface area (TPSA) is 26.3 Å². The Bertz CT molecular complexity index is 445. The van der Waals surface area contributed by atoms with E-state index in [0.717, 1.165) is 12.1 Å². The molecule has 0 N–H and O–H groups in total. The molecule has 0 fully saturated rings. The molecule has 0 aliphatic rings. The fourth-order valence-electron chi connectivity index (χ4n) is 4.83. The number of halogens is 1. The van der Waals surface area contributed by atoms with Crippen LogP contribution < -0.4 is 12.4 Å². The highest BCUT2D eigenvalue weighted by Gasteiger charge is 2.42. The Morgan fingerprint density at radius 3 is 1.78 bits per heavy atom. The second-order valence-corrected chi connectivity index (χ2v) is 14.2. The van der Waals surface area contributed by atoms with Crippen molar-refractivity contribution in [3.8, 4) is 0 Å². The Balaban J connectivity index is 0. The Hall–Kier alpha value is -0.0700. The Morgan fingerprint density at radius 1 is 0.719 bits per heavy atom. The molecule has 32 heavy (non-hydrogen) atoms. The fraction of sp³-hybridized carbons (Fsp3) is 0.893. The molecule has 0 saturated carbocycles. The summed E-state index contributed by atoms with van der Waals surface area (Å²) in [6.45, 7) is 15.4. The van der Waals surface area contributed by atoms with Crippen molar-refractivity contribution in [2.24, 2.45) is 0 Å². The summed E-state index contributed by atoms with van der Waals surface area (Å²) in [5.74, 6) is -0.240. The van der Waals surface area contributed by atoms with Crippen molar-refractivity contribution < 1.29 is 21.9 Å². The summed E-state index contributed by atoms with van der Waals surface area (Å²) in [5, 5.41) is 0. The minimum atomic E-state index is -0.886. The first-order chi connectivity index (χ1) is 15.0. The van der Waals surface area contributed by atoms with Gasteiger partial charge >= 0.3 is 5.97 Å². The molecule has 192 valence electrons. The van der Waals surface area contributed by atoms with Crippen molar-refractivity contribution in [1.29, 1.82) is 0 Å². The van der Waals surface area contributed by atoms with E-state index in [9.17, 15) is 4.79 Å². The summed E-state index contributed by atoms with van der Waals surface area (Å²) in [7, 11) is -0.886. The van der Waals surface area contributed by atoms with Crippen LogP contribution >= 0.6 is 7.26 Å². The van der Waals surface area contributed by atoms with Crippen molar-refractivity contribution >= 4 is 13.2 Å². The molecular weight excluding hydrogens is 435 g/mol. The smallest absolute Gasteiger partial charge is 0.333 e. The number of carbonyl (C=O) groups is 1. The molecule has 0 aromatic rings. The maximum atomic E-state index is 11.5. The van der Waals surface area contributed by atoms with Gasteiger partial charge in [0.25, 0.3) is 0 Å². The van der Waals surface area contributed by atoms with E-state index in [-0.39, 0.29) is 18.4 Å². The first-order valence-electron chi connectivity index (χ1n) is 13.7. The summed E-state index contributed by atoms with van der Waals surface area (Å²) in [5.41, 5.74) is 1.48. The lowest BCUT2D eigenvalue weighted by Gasteiger charge is -2.36. The molecule has 0 spiro atoms. The van der Waals surface area contributed by atoms with Crippen molar-refractivity contribution in [3.63, 3.8) is 0 Å². The third kappa shape index (κ3) is 15.7. The molecule has 0 amide bonds. The van der Waals surface area contributed by atoms with Crippen molar-refractivity contribution in [2.45, 2.75) is 137 Å². The number of ether oxygens (including phenoxy) is 1. The van der Waals surface area contributed by atoms with Gasteiger partial charge in [-0.1, -0.05) is 72.8 Å². The zero-order valence-corrected chi connectivity index (χ0v) is 24.0. The second kappa shape index (κ2) is 22.7. The van der Waals surface area contributed by atoms with Crippen molar-refractivity contribution in [3.05, 3.63) is 12.2 Å².